The molecule has 10 heteroatoms. The highest BCUT2D eigenvalue weighted by atomic mass is 35.5. The first-order chi connectivity index (χ1) is 15.1. The van der Waals surface area contributed by atoms with Crippen LogP contribution in [0.5, 0.6) is 0 Å². The van der Waals surface area contributed by atoms with Crippen molar-refractivity contribution in [2.75, 3.05) is 37.8 Å². The van der Waals surface area contributed by atoms with E-state index in [0.29, 0.717) is 16.7 Å². The second-order valence-electron chi connectivity index (χ2n) is 8.12. The van der Waals surface area contributed by atoms with E-state index in [1.807, 2.05) is 45.0 Å². The van der Waals surface area contributed by atoms with Gasteiger partial charge in [0.15, 0.2) is 15.0 Å². The molecule has 1 heterocycles. The van der Waals surface area contributed by atoms with E-state index in [-0.39, 0.29) is 35.4 Å². The van der Waals surface area contributed by atoms with Gasteiger partial charge in [0.2, 0.25) is 5.91 Å². The highest BCUT2D eigenvalue weighted by Crippen LogP contribution is 2.36. The Bertz CT molecular complexity index is 1170. The standard InChI is InChI=1S/C23H28ClN3O3S2.ClH/c1-16-6-9-18(10-7-16)32(29,30)15-12-20(28)27(14-5-13-26(3)4)23-25-21-17(2)8-11-19(24)22(21)31-23;/h6-11H,5,12-15H2,1-4H3;1H. The zero-order valence-corrected chi connectivity index (χ0v) is 22.4. The molecule has 0 unspecified atom stereocenters. The van der Waals surface area contributed by atoms with Gasteiger partial charge in [-0.15, -0.1) is 12.4 Å². The van der Waals surface area contributed by atoms with Gasteiger partial charge in [-0.1, -0.05) is 46.7 Å². The van der Waals surface area contributed by atoms with Crippen LogP contribution in [0.2, 0.25) is 5.02 Å². The van der Waals surface area contributed by atoms with Gasteiger partial charge in [0.05, 0.1) is 25.9 Å². The van der Waals surface area contributed by atoms with E-state index >= 15 is 0 Å². The second kappa shape index (κ2) is 11.6. The quantitative estimate of drug-likeness (QED) is 0.383. The number of rotatable bonds is 9. The maximum Gasteiger partial charge on any atom is 0.229 e. The summed E-state index contributed by atoms with van der Waals surface area (Å²) >= 11 is 7.72. The van der Waals surface area contributed by atoms with Crippen LogP contribution >= 0.6 is 35.3 Å². The summed E-state index contributed by atoms with van der Waals surface area (Å²) in [7, 11) is 0.393. The molecule has 2 aromatic carbocycles. The number of fused-ring (bicyclic) bond motifs is 1. The van der Waals surface area contributed by atoms with Gasteiger partial charge >= 0.3 is 0 Å². The number of carbonyl (C=O) groups is 1. The third-order valence-corrected chi connectivity index (χ3v) is 8.44. The first kappa shape index (κ1) is 27.5. The van der Waals surface area contributed by atoms with Gasteiger partial charge in [-0.2, -0.15) is 0 Å². The minimum Gasteiger partial charge on any atom is -0.309 e. The Hall–Kier alpha value is -1.71. The molecule has 0 fully saturated rings. The topological polar surface area (TPSA) is 70.6 Å². The van der Waals surface area contributed by atoms with E-state index < -0.39 is 9.84 Å². The maximum atomic E-state index is 13.2. The summed E-state index contributed by atoms with van der Waals surface area (Å²) in [5.74, 6) is -0.503. The van der Waals surface area contributed by atoms with Gasteiger partial charge < -0.3 is 4.90 Å². The second-order valence-corrected chi connectivity index (χ2v) is 11.6. The first-order valence-electron chi connectivity index (χ1n) is 10.4. The van der Waals surface area contributed by atoms with E-state index in [2.05, 4.69) is 4.98 Å². The molecular weight excluding hydrogens is 501 g/mol. The van der Waals surface area contributed by atoms with Crippen molar-refractivity contribution in [3.63, 3.8) is 0 Å². The van der Waals surface area contributed by atoms with Crippen molar-refractivity contribution in [2.45, 2.75) is 31.6 Å². The van der Waals surface area contributed by atoms with Gasteiger partial charge in [-0.25, -0.2) is 13.4 Å². The van der Waals surface area contributed by atoms with Crippen LogP contribution in [0.1, 0.15) is 24.0 Å². The van der Waals surface area contributed by atoms with Crippen LogP contribution in [-0.4, -0.2) is 57.1 Å². The van der Waals surface area contributed by atoms with E-state index in [1.165, 1.54) is 11.3 Å². The molecule has 0 saturated carbocycles. The number of halogens is 2. The largest absolute Gasteiger partial charge is 0.309 e. The lowest BCUT2D eigenvalue weighted by atomic mass is 10.2. The van der Waals surface area contributed by atoms with Crippen LogP contribution < -0.4 is 4.90 Å². The SMILES string of the molecule is Cc1ccc(S(=O)(=O)CCC(=O)N(CCCN(C)C)c2nc3c(C)ccc(Cl)c3s2)cc1.Cl. The monoisotopic (exact) mass is 529 g/mol. The molecule has 0 N–H and O–H groups in total. The van der Waals surface area contributed by atoms with Crippen LogP contribution in [0.15, 0.2) is 41.3 Å². The molecule has 180 valence electrons. The van der Waals surface area contributed by atoms with Crippen molar-refractivity contribution in [2.24, 2.45) is 0 Å². The summed E-state index contributed by atoms with van der Waals surface area (Å²) in [5, 5.41) is 1.14. The van der Waals surface area contributed by atoms with Gasteiger partial charge in [-0.05, 0) is 64.7 Å². The third-order valence-electron chi connectivity index (χ3n) is 5.17. The van der Waals surface area contributed by atoms with Crippen molar-refractivity contribution < 1.29 is 13.2 Å². The number of carbonyl (C=O) groups excluding carboxylic acids is 1. The van der Waals surface area contributed by atoms with Crippen molar-refractivity contribution in [1.82, 2.24) is 9.88 Å². The molecule has 33 heavy (non-hydrogen) atoms. The number of amides is 1. The van der Waals surface area contributed by atoms with E-state index in [9.17, 15) is 13.2 Å². The fraction of sp³-hybridized carbons (Fsp3) is 0.391. The normalized spacial score (nSPS) is 11.6. The molecule has 1 amide bonds. The van der Waals surface area contributed by atoms with E-state index in [4.69, 9.17) is 11.6 Å². The molecule has 0 radical (unpaired) electrons. The number of aryl methyl sites for hydroxylation is 2. The zero-order chi connectivity index (χ0) is 23.5. The van der Waals surface area contributed by atoms with Crippen molar-refractivity contribution in [1.29, 1.82) is 0 Å². The van der Waals surface area contributed by atoms with Crippen molar-refractivity contribution in [3.8, 4) is 0 Å². The number of thiazole rings is 1. The van der Waals surface area contributed by atoms with Crippen molar-refractivity contribution >= 4 is 66.4 Å². The number of benzene rings is 2. The number of anilines is 1. The maximum absolute atomic E-state index is 13.2. The summed E-state index contributed by atoms with van der Waals surface area (Å²) < 4.78 is 26.3. The fourth-order valence-corrected chi connectivity index (χ4v) is 5.89. The Morgan fingerprint density at radius 1 is 1.06 bits per heavy atom. The van der Waals surface area contributed by atoms with Crippen LogP contribution in [0, 0.1) is 13.8 Å². The molecule has 0 aliphatic carbocycles. The lowest BCUT2D eigenvalue weighted by molar-refractivity contribution is -0.118. The van der Waals surface area contributed by atoms with Crippen LogP contribution in [-0.2, 0) is 14.6 Å². The van der Waals surface area contributed by atoms with Crippen LogP contribution in [0.3, 0.4) is 0 Å². The number of nitrogens with zero attached hydrogens (tertiary/aromatic N) is 3. The van der Waals surface area contributed by atoms with Crippen LogP contribution in [0.25, 0.3) is 10.2 Å². The molecule has 0 spiro atoms. The fourth-order valence-electron chi connectivity index (χ4n) is 3.30. The van der Waals surface area contributed by atoms with E-state index in [0.717, 1.165) is 34.3 Å². The van der Waals surface area contributed by atoms with E-state index in [1.54, 1.807) is 29.2 Å². The summed E-state index contributed by atoms with van der Waals surface area (Å²) in [6, 6.07) is 10.4. The predicted molar refractivity (Wildman–Crippen MR) is 140 cm³/mol. The summed E-state index contributed by atoms with van der Waals surface area (Å²) in [4.78, 5) is 21.7. The highest BCUT2D eigenvalue weighted by Gasteiger charge is 2.24. The minimum atomic E-state index is -3.55. The van der Waals surface area contributed by atoms with Gasteiger partial charge in [0, 0.05) is 13.0 Å². The average Bonchev–Trinajstić information content (AvgIpc) is 3.19. The third kappa shape index (κ3) is 6.90. The molecule has 0 bridgehead atoms. The lowest BCUT2D eigenvalue weighted by Gasteiger charge is -2.21. The first-order valence-corrected chi connectivity index (χ1v) is 13.2. The minimum absolute atomic E-state index is 0. The molecule has 0 atom stereocenters. The number of sulfone groups is 1. The molecular formula is C23H29Cl2N3O3S2. The summed E-state index contributed by atoms with van der Waals surface area (Å²) in [6.45, 7) is 5.11. The van der Waals surface area contributed by atoms with Crippen LogP contribution in [0.4, 0.5) is 5.13 Å². The van der Waals surface area contributed by atoms with Crippen molar-refractivity contribution in [3.05, 3.63) is 52.5 Å². The summed E-state index contributed by atoms with van der Waals surface area (Å²) in [5.41, 5.74) is 2.74. The molecule has 0 aliphatic rings. The molecule has 0 aliphatic heterocycles. The predicted octanol–water partition coefficient (Wildman–Crippen LogP) is 5.14. The Morgan fingerprint density at radius 3 is 2.33 bits per heavy atom. The Kier molecular flexibility index (Phi) is 9.70. The van der Waals surface area contributed by atoms with Gasteiger partial charge in [-0.3, -0.25) is 9.69 Å². The number of hydrogen-bond donors (Lipinski definition) is 0. The van der Waals surface area contributed by atoms with Gasteiger partial charge in [0.25, 0.3) is 0 Å². The smallest absolute Gasteiger partial charge is 0.229 e. The number of hydrogen-bond acceptors (Lipinski definition) is 6. The molecule has 0 saturated heterocycles. The molecule has 3 aromatic rings. The molecule has 6 nitrogen and oxygen atoms in total. The average molecular weight is 531 g/mol. The molecule has 3 rings (SSSR count). The van der Waals surface area contributed by atoms with Gasteiger partial charge in [0.1, 0.15) is 0 Å². The Labute approximate surface area is 210 Å². The lowest BCUT2D eigenvalue weighted by Crippen LogP contribution is -2.34. The Morgan fingerprint density at radius 2 is 1.73 bits per heavy atom. The highest BCUT2D eigenvalue weighted by molar-refractivity contribution is 7.91. The zero-order valence-electron chi connectivity index (χ0n) is 19.2. The summed E-state index contributed by atoms with van der Waals surface area (Å²) in [6.07, 6.45) is 0.632. The number of aromatic nitrogens is 1. The molecule has 1 aromatic heterocycles. The Balaban J connectivity index is 0.00000385.